The van der Waals surface area contributed by atoms with Gasteiger partial charge in [0.05, 0.1) is 24.1 Å². The number of anilines is 2. The molecule has 2 aromatic rings. The first-order valence-corrected chi connectivity index (χ1v) is 6.56. The van der Waals surface area contributed by atoms with Crippen LogP contribution in [0.5, 0.6) is 0 Å². The number of carbonyl (C=O) groups is 1. The van der Waals surface area contributed by atoms with Gasteiger partial charge in [-0.25, -0.2) is 4.98 Å². The van der Waals surface area contributed by atoms with Gasteiger partial charge in [-0.05, 0) is 24.3 Å². The molecule has 5 nitrogen and oxygen atoms in total. The van der Waals surface area contributed by atoms with Crippen LogP contribution >= 0.6 is 0 Å². The lowest BCUT2D eigenvalue weighted by Crippen LogP contribution is -2.18. The highest BCUT2D eigenvalue weighted by atomic mass is 16.1. The quantitative estimate of drug-likeness (QED) is 0.876. The summed E-state index contributed by atoms with van der Waals surface area (Å²) >= 11 is 0. The smallest absolute Gasteiger partial charge is 0.228 e. The molecule has 0 saturated carbocycles. The maximum absolute atomic E-state index is 11.5. The standard InChI is InChI=1S/C15H18N4O/c1-11(2)15(20)19-14-7-6-13(10-18-14)17-9-12-5-3-4-8-16-12/h3-8,10-11,17H,9H2,1-2H3,(H,18,19,20). The Morgan fingerprint density at radius 2 is 2.05 bits per heavy atom. The van der Waals surface area contributed by atoms with Crippen LogP contribution in [0.2, 0.25) is 0 Å². The molecule has 0 aliphatic rings. The number of nitrogens with one attached hydrogen (secondary N) is 2. The fourth-order valence-electron chi connectivity index (χ4n) is 1.54. The number of hydrogen-bond acceptors (Lipinski definition) is 4. The number of rotatable bonds is 5. The molecule has 0 aromatic carbocycles. The molecule has 104 valence electrons. The van der Waals surface area contributed by atoms with E-state index in [2.05, 4.69) is 20.6 Å². The lowest BCUT2D eigenvalue weighted by Gasteiger charge is -2.08. The SMILES string of the molecule is CC(C)C(=O)Nc1ccc(NCc2ccccn2)cn1. The van der Waals surface area contributed by atoms with Crippen LogP contribution in [0.3, 0.4) is 0 Å². The molecular weight excluding hydrogens is 252 g/mol. The number of hydrogen-bond donors (Lipinski definition) is 2. The van der Waals surface area contributed by atoms with Crippen LogP contribution in [0.4, 0.5) is 11.5 Å². The predicted octanol–water partition coefficient (Wildman–Crippen LogP) is 2.68. The van der Waals surface area contributed by atoms with Gasteiger partial charge in [-0.1, -0.05) is 19.9 Å². The molecule has 0 aliphatic carbocycles. The van der Waals surface area contributed by atoms with Crippen molar-refractivity contribution < 1.29 is 4.79 Å². The van der Waals surface area contributed by atoms with E-state index < -0.39 is 0 Å². The third-order valence-electron chi connectivity index (χ3n) is 2.74. The number of carbonyl (C=O) groups excluding carboxylic acids is 1. The lowest BCUT2D eigenvalue weighted by molar-refractivity contribution is -0.118. The van der Waals surface area contributed by atoms with Gasteiger partial charge in [0.1, 0.15) is 5.82 Å². The maximum atomic E-state index is 11.5. The highest BCUT2D eigenvalue weighted by Crippen LogP contribution is 2.11. The van der Waals surface area contributed by atoms with Crippen molar-refractivity contribution in [2.75, 3.05) is 10.6 Å². The van der Waals surface area contributed by atoms with Crippen molar-refractivity contribution in [3.8, 4) is 0 Å². The summed E-state index contributed by atoms with van der Waals surface area (Å²) in [6, 6.07) is 9.45. The molecule has 0 unspecified atom stereocenters. The van der Waals surface area contributed by atoms with Crippen molar-refractivity contribution in [1.29, 1.82) is 0 Å². The second-order valence-electron chi connectivity index (χ2n) is 4.75. The van der Waals surface area contributed by atoms with Gasteiger partial charge in [-0.3, -0.25) is 9.78 Å². The molecule has 20 heavy (non-hydrogen) atoms. The van der Waals surface area contributed by atoms with Gasteiger partial charge in [0, 0.05) is 12.1 Å². The maximum Gasteiger partial charge on any atom is 0.228 e. The summed E-state index contributed by atoms with van der Waals surface area (Å²) in [5.74, 6) is 0.470. The highest BCUT2D eigenvalue weighted by Gasteiger charge is 2.07. The van der Waals surface area contributed by atoms with Gasteiger partial charge in [-0.2, -0.15) is 0 Å². The second kappa shape index (κ2) is 6.65. The first-order valence-electron chi connectivity index (χ1n) is 6.56. The van der Waals surface area contributed by atoms with Gasteiger partial charge in [0.25, 0.3) is 0 Å². The van der Waals surface area contributed by atoms with E-state index in [4.69, 9.17) is 0 Å². The molecule has 0 spiro atoms. The Morgan fingerprint density at radius 1 is 1.20 bits per heavy atom. The Labute approximate surface area is 118 Å². The highest BCUT2D eigenvalue weighted by molar-refractivity contribution is 5.91. The zero-order valence-electron chi connectivity index (χ0n) is 11.6. The van der Waals surface area contributed by atoms with E-state index in [-0.39, 0.29) is 11.8 Å². The van der Waals surface area contributed by atoms with Gasteiger partial charge >= 0.3 is 0 Å². The topological polar surface area (TPSA) is 66.9 Å². The Balaban J connectivity index is 1.90. The zero-order valence-corrected chi connectivity index (χ0v) is 11.6. The molecule has 2 rings (SSSR count). The van der Waals surface area contributed by atoms with Crippen LogP contribution < -0.4 is 10.6 Å². The predicted molar refractivity (Wildman–Crippen MR) is 79.3 cm³/mol. The minimum absolute atomic E-state index is 0.0355. The second-order valence-corrected chi connectivity index (χ2v) is 4.75. The summed E-state index contributed by atoms with van der Waals surface area (Å²) in [6.07, 6.45) is 3.46. The van der Waals surface area contributed by atoms with E-state index >= 15 is 0 Å². The van der Waals surface area contributed by atoms with E-state index in [1.54, 1.807) is 18.5 Å². The van der Waals surface area contributed by atoms with Crippen LogP contribution in [0.25, 0.3) is 0 Å². The van der Waals surface area contributed by atoms with Crippen LogP contribution in [0.15, 0.2) is 42.7 Å². The minimum Gasteiger partial charge on any atom is -0.378 e. The molecule has 0 radical (unpaired) electrons. The minimum atomic E-state index is -0.0567. The van der Waals surface area contributed by atoms with Crippen LogP contribution in [-0.2, 0) is 11.3 Å². The van der Waals surface area contributed by atoms with Crippen molar-refractivity contribution in [3.63, 3.8) is 0 Å². The van der Waals surface area contributed by atoms with Crippen LogP contribution in [0, 0.1) is 5.92 Å². The summed E-state index contributed by atoms with van der Waals surface area (Å²) in [5, 5.41) is 5.98. The molecule has 0 aliphatic heterocycles. The summed E-state index contributed by atoms with van der Waals surface area (Å²) in [4.78, 5) is 20.0. The van der Waals surface area contributed by atoms with Gasteiger partial charge in [0.2, 0.25) is 5.91 Å². The van der Waals surface area contributed by atoms with E-state index in [0.29, 0.717) is 12.4 Å². The van der Waals surface area contributed by atoms with Crippen molar-refractivity contribution in [2.45, 2.75) is 20.4 Å². The number of amides is 1. The van der Waals surface area contributed by atoms with E-state index in [1.807, 2.05) is 38.1 Å². The first-order chi connectivity index (χ1) is 9.65. The summed E-state index contributed by atoms with van der Waals surface area (Å²) in [5.41, 5.74) is 1.85. The molecule has 2 aromatic heterocycles. The molecular formula is C15H18N4O. The van der Waals surface area contributed by atoms with Gasteiger partial charge in [0.15, 0.2) is 0 Å². The van der Waals surface area contributed by atoms with Crippen molar-refractivity contribution in [2.24, 2.45) is 5.92 Å². The Bertz CT molecular complexity index is 552. The van der Waals surface area contributed by atoms with Crippen molar-refractivity contribution in [3.05, 3.63) is 48.4 Å². The summed E-state index contributed by atoms with van der Waals surface area (Å²) < 4.78 is 0. The monoisotopic (exact) mass is 270 g/mol. The van der Waals surface area contributed by atoms with Crippen molar-refractivity contribution in [1.82, 2.24) is 9.97 Å². The molecule has 2 heterocycles. The fraction of sp³-hybridized carbons (Fsp3) is 0.267. The number of nitrogens with zero attached hydrogens (tertiary/aromatic N) is 2. The van der Waals surface area contributed by atoms with E-state index in [0.717, 1.165) is 11.4 Å². The molecule has 5 heteroatoms. The molecule has 0 bridgehead atoms. The average Bonchev–Trinajstić information content (AvgIpc) is 2.47. The number of aromatic nitrogens is 2. The average molecular weight is 270 g/mol. The summed E-state index contributed by atoms with van der Waals surface area (Å²) in [6.45, 7) is 4.33. The molecule has 0 fully saturated rings. The Kier molecular flexibility index (Phi) is 4.65. The molecule has 0 saturated heterocycles. The third kappa shape index (κ3) is 4.05. The Morgan fingerprint density at radius 3 is 2.65 bits per heavy atom. The van der Waals surface area contributed by atoms with E-state index in [1.165, 1.54) is 0 Å². The molecule has 2 N–H and O–H groups in total. The largest absolute Gasteiger partial charge is 0.378 e. The zero-order chi connectivity index (χ0) is 14.4. The normalized spacial score (nSPS) is 10.3. The fourth-order valence-corrected chi connectivity index (χ4v) is 1.54. The first kappa shape index (κ1) is 14.0. The van der Waals surface area contributed by atoms with Gasteiger partial charge < -0.3 is 10.6 Å². The summed E-state index contributed by atoms with van der Waals surface area (Å²) in [7, 11) is 0. The lowest BCUT2D eigenvalue weighted by atomic mass is 10.2. The molecule has 1 amide bonds. The van der Waals surface area contributed by atoms with Crippen molar-refractivity contribution >= 4 is 17.4 Å². The van der Waals surface area contributed by atoms with Gasteiger partial charge in [-0.15, -0.1) is 0 Å². The number of pyridine rings is 2. The van der Waals surface area contributed by atoms with E-state index in [9.17, 15) is 4.79 Å². The molecule has 0 atom stereocenters. The third-order valence-corrected chi connectivity index (χ3v) is 2.74. The Hall–Kier alpha value is -2.43. The van der Waals surface area contributed by atoms with Crippen LogP contribution in [-0.4, -0.2) is 15.9 Å². The van der Waals surface area contributed by atoms with Crippen LogP contribution in [0.1, 0.15) is 19.5 Å².